The van der Waals surface area contributed by atoms with Crippen molar-refractivity contribution in [1.82, 2.24) is 0 Å². The molecule has 2 unspecified atom stereocenters. The second-order valence-corrected chi connectivity index (χ2v) is 8.05. The smallest absolute Gasteiger partial charge is 0.261 e. The van der Waals surface area contributed by atoms with Gasteiger partial charge in [-0.25, -0.2) is 8.42 Å². The highest BCUT2D eigenvalue weighted by Crippen LogP contribution is 2.32. The van der Waals surface area contributed by atoms with Crippen molar-refractivity contribution >= 4 is 19.7 Å². The highest BCUT2D eigenvalue weighted by Gasteiger charge is 2.20. The number of hydrogen-bond donors (Lipinski definition) is 0. The molecule has 1 aromatic rings. The minimum absolute atomic E-state index is 0.121. The largest absolute Gasteiger partial charge is 0.493 e. The van der Waals surface area contributed by atoms with E-state index in [0.717, 1.165) is 37.4 Å². The van der Waals surface area contributed by atoms with Crippen molar-refractivity contribution in [3.63, 3.8) is 0 Å². The first-order chi connectivity index (χ1) is 9.91. The quantitative estimate of drug-likeness (QED) is 0.748. The molecule has 2 atom stereocenters. The lowest BCUT2D eigenvalue weighted by atomic mass is 9.97. The highest BCUT2D eigenvalue weighted by atomic mass is 35.7. The molecule has 1 heterocycles. The fraction of sp³-hybridized carbons (Fsp3) is 0.600. The molecular weight excluding hydrogens is 312 g/mol. The Labute approximate surface area is 130 Å². The predicted molar refractivity (Wildman–Crippen MR) is 82.6 cm³/mol. The molecule has 2 rings (SSSR count). The molecule has 0 bridgehead atoms. The summed E-state index contributed by atoms with van der Waals surface area (Å²) >= 11 is 0. The molecule has 1 aliphatic heterocycles. The lowest BCUT2D eigenvalue weighted by molar-refractivity contribution is 0.166. The Bertz CT molecular complexity index is 579. The monoisotopic (exact) mass is 332 g/mol. The Kier molecular flexibility index (Phi) is 5.52. The average molecular weight is 333 g/mol. The Morgan fingerprint density at radius 1 is 1.48 bits per heavy atom. The van der Waals surface area contributed by atoms with Gasteiger partial charge in [0.05, 0.1) is 18.1 Å². The van der Waals surface area contributed by atoms with Crippen LogP contribution >= 0.6 is 10.7 Å². The zero-order valence-electron chi connectivity index (χ0n) is 12.3. The molecule has 4 nitrogen and oxygen atoms in total. The van der Waals surface area contributed by atoms with E-state index in [1.54, 1.807) is 12.1 Å². The summed E-state index contributed by atoms with van der Waals surface area (Å²) in [5.41, 5.74) is 0.887. The van der Waals surface area contributed by atoms with Crippen LogP contribution in [0.25, 0.3) is 0 Å². The predicted octanol–water partition coefficient (Wildman–Crippen LogP) is 3.54. The van der Waals surface area contributed by atoms with Gasteiger partial charge < -0.3 is 9.47 Å². The van der Waals surface area contributed by atoms with Crippen LogP contribution in [0.2, 0.25) is 0 Å². The van der Waals surface area contributed by atoms with Gasteiger partial charge in [0.2, 0.25) is 0 Å². The molecule has 1 aromatic carbocycles. The van der Waals surface area contributed by atoms with Gasteiger partial charge in [-0.05, 0) is 42.5 Å². The SMILES string of the molecule is CCC(C)c1cc(S(=O)(=O)Cl)ccc1OCC1CCOC1. The van der Waals surface area contributed by atoms with Crippen LogP contribution in [0.3, 0.4) is 0 Å². The molecular formula is C15H21ClO4S. The summed E-state index contributed by atoms with van der Waals surface area (Å²) in [6.07, 6.45) is 1.90. The maximum absolute atomic E-state index is 11.5. The van der Waals surface area contributed by atoms with Crippen LogP contribution in [-0.4, -0.2) is 28.2 Å². The van der Waals surface area contributed by atoms with E-state index < -0.39 is 9.05 Å². The maximum atomic E-state index is 11.5. The fourth-order valence-electron chi connectivity index (χ4n) is 2.34. The third kappa shape index (κ3) is 4.34. The fourth-order valence-corrected chi connectivity index (χ4v) is 3.12. The Hall–Kier alpha value is -0.780. The van der Waals surface area contributed by atoms with Crippen LogP contribution in [0.15, 0.2) is 23.1 Å². The van der Waals surface area contributed by atoms with Gasteiger partial charge in [0.15, 0.2) is 0 Å². The number of hydrogen-bond acceptors (Lipinski definition) is 4. The zero-order valence-corrected chi connectivity index (χ0v) is 13.9. The highest BCUT2D eigenvalue weighted by molar-refractivity contribution is 8.13. The van der Waals surface area contributed by atoms with Crippen LogP contribution in [0.1, 0.15) is 38.2 Å². The first-order valence-electron chi connectivity index (χ1n) is 7.21. The molecule has 0 amide bonds. The normalized spacial score (nSPS) is 20.4. The standard InChI is InChI=1S/C15H21ClO4S/c1-3-11(2)14-8-13(21(16,17)18)4-5-15(14)20-10-12-6-7-19-9-12/h4-5,8,11-12H,3,6-7,9-10H2,1-2H3. The van der Waals surface area contributed by atoms with Crippen molar-refractivity contribution in [2.24, 2.45) is 5.92 Å². The molecule has 0 spiro atoms. The van der Waals surface area contributed by atoms with Crippen molar-refractivity contribution in [3.05, 3.63) is 23.8 Å². The van der Waals surface area contributed by atoms with Crippen LogP contribution in [0, 0.1) is 5.92 Å². The van der Waals surface area contributed by atoms with Gasteiger partial charge in [-0.2, -0.15) is 0 Å². The van der Waals surface area contributed by atoms with E-state index in [4.69, 9.17) is 20.2 Å². The molecule has 0 aromatic heterocycles. The summed E-state index contributed by atoms with van der Waals surface area (Å²) < 4.78 is 34.2. The summed E-state index contributed by atoms with van der Waals surface area (Å²) in [5.74, 6) is 1.35. The second kappa shape index (κ2) is 6.99. The minimum atomic E-state index is -3.72. The first kappa shape index (κ1) is 16.6. The molecule has 1 fully saturated rings. The lowest BCUT2D eigenvalue weighted by Gasteiger charge is -2.18. The number of ether oxygens (including phenoxy) is 2. The second-order valence-electron chi connectivity index (χ2n) is 5.49. The maximum Gasteiger partial charge on any atom is 0.261 e. The van der Waals surface area contributed by atoms with E-state index in [2.05, 4.69) is 6.92 Å². The van der Waals surface area contributed by atoms with Gasteiger partial charge in [0.25, 0.3) is 9.05 Å². The number of rotatable bonds is 6. The van der Waals surface area contributed by atoms with Crippen molar-refractivity contribution < 1.29 is 17.9 Å². The molecule has 0 saturated carbocycles. The van der Waals surface area contributed by atoms with E-state index in [1.807, 2.05) is 6.92 Å². The van der Waals surface area contributed by atoms with E-state index >= 15 is 0 Å². The Balaban J connectivity index is 2.22. The molecule has 21 heavy (non-hydrogen) atoms. The summed E-state index contributed by atoms with van der Waals surface area (Å²) in [4.78, 5) is 0.121. The van der Waals surface area contributed by atoms with Crippen LogP contribution < -0.4 is 4.74 Å². The molecule has 0 N–H and O–H groups in total. The summed E-state index contributed by atoms with van der Waals surface area (Å²) in [5, 5.41) is 0. The molecule has 118 valence electrons. The van der Waals surface area contributed by atoms with E-state index in [0.29, 0.717) is 12.5 Å². The third-order valence-electron chi connectivity index (χ3n) is 3.90. The number of benzene rings is 1. The lowest BCUT2D eigenvalue weighted by Crippen LogP contribution is -2.13. The van der Waals surface area contributed by atoms with Gasteiger partial charge in [-0.1, -0.05) is 13.8 Å². The first-order valence-corrected chi connectivity index (χ1v) is 9.52. The van der Waals surface area contributed by atoms with Crippen molar-refractivity contribution in [2.45, 2.75) is 37.5 Å². The van der Waals surface area contributed by atoms with Gasteiger partial charge >= 0.3 is 0 Å². The molecule has 1 aliphatic rings. The summed E-state index contributed by atoms with van der Waals surface area (Å²) in [6, 6.07) is 4.82. The van der Waals surface area contributed by atoms with E-state index in [-0.39, 0.29) is 10.8 Å². The van der Waals surface area contributed by atoms with Crippen LogP contribution in [0.5, 0.6) is 5.75 Å². The van der Waals surface area contributed by atoms with Gasteiger partial charge in [0.1, 0.15) is 5.75 Å². The summed E-state index contributed by atoms with van der Waals surface area (Å²) in [7, 11) is 1.71. The van der Waals surface area contributed by atoms with Crippen molar-refractivity contribution in [3.8, 4) is 5.75 Å². The van der Waals surface area contributed by atoms with Crippen molar-refractivity contribution in [2.75, 3.05) is 19.8 Å². The van der Waals surface area contributed by atoms with Gasteiger partial charge in [-0.3, -0.25) is 0 Å². The topological polar surface area (TPSA) is 52.6 Å². The molecule has 1 saturated heterocycles. The molecule has 6 heteroatoms. The zero-order chi connectivity index (χ0) is 15.5. The van der Waals surface area contributed by atoms with Crippen LogP contribution in [0.4, 0.5) is 0 Å². The number of halogens is 1. The molecule has 0 aliphatic carbocycles. The van der Waals surface area contributed by atoms with E-state index in [9.17, 15) is 8.42 Å². The van der Waals surface area contributed by atoms with E-state index in [1.165, 1.54) is 6.07 Å². The molecule has 0 radical (unpaired) electrons. The Morgan fingerprint density at radius 3 is 2.81 bits per heavy atom. The van der Waals surface area contributed by atoms with Gasteiger partial charge in [-0.15, -0.1) is 0 Å². The van der Waals surface area contributed by atoms with Crippen molar-refractivity contribution in [1.29, 1.82) is 0 Å². The Morgan fingerprint density at radius 2 is 2.24 bits per heavy atom. The minimum Gasteiger partial charge on any atom is -0.493 e. The van der Waals surface area contributed by atoms with Gasteiger partial charge in [0, 0.05) is 23.2 Å². The average Bonchev–Trinajstić information content (AvgIpc) is 2.96. The third-order valence-corrected chi connectivity index (χ3v) is 5.26. The van der Waals surface area contributed by atoms with Crippen LogP contribution in [-0.2, 0) is 13.8 Å². The summed E-state index contributed by atoms with van der Waals surface area (Å²) in [6.45, 7) is 6.21.